The lowest BCUT2D eigenvalue weighted by atomic mass is 10.1. The van der Waals surface area contributed by atoms with Gasteiger partial charge in [0.1, 0.15) is 0 Å². The predicted molar refractivity (Wildman–Crippen MR) is 57.9 cm³/mol. The van der Waals surface area contributed by atoms with Crippen LogP contribution in [0.4, 0.5) is 0 Å². The van der Waals surface area contributed by atoms with Crippen molar-refractivity contribution in [2.24, 2.45) is 5.92 Å². The number of hydrogen-bond donors (Lipinski definition) is 1. The van der Waals surface area contributed by atoms with Gasteiger partial charge < -0.3 is 10.1 Å². The van der Waals surface area contributed by atoms with Gasteiger partial charge in [0.05, 0.1) is 12.7 Å². The van der Waals surface area contributed by atoms with E-state index < -0.39 is 0 Å². The third kappa shape index (κ3) is 9.57. The minimum atomic E-state index is 0.380. The van der Waals surface area contributed by atoms with Crippen LogP contribution in [0.1, 0.15) is 27.2 Å². The number of hydrogen-bond acceptors (Lipinski definition) is 2. The highest BCUT2D eigenvalue weighted by Gasteiger charge is 2.03. The summed E-state index contributed by atoms with van der Waals surface area (Å²) in [5.74, 6) is 0.719. The summed E-state index contributed by atoms with van der Waals surface area (Å²) in [5.41, 5.74) is 0. The molecule has 0 heterocycles. The third-order valence-corrected chi connectivity index (χ3v) is 1.77. The Morgan fingerprint density at radius 2 is 2.08 bits per heavy atom. The molecule has 0 aromatic carbocycles. The van der Waals surface area contributed by atoms with E-state index in [4.69, 9.17) is 4.74 Å². The summed E-state index contributed by atoms with van der Waals surface area (Å²) in [5, 5.41) is 3.20. The van der Waals surface area contributed by atoms with Crippen molar-refractivity contribution in [2.75, 3.05) is 19.7 Å². The Bertz CT molecular complexity index is 123. The van der Waals surface area contributed by atoms with Gasteiger partial charge in [0.25, 0.3) is 0 Å². The fourth-order valence-electron chi connectivity index (χ4n) is 1.27. The molecule has 78 valence electrons. The molecule has 0 rings (SSSR count). The molecule has 0 aromatic heterocycles. The molecule has 0 fully saturated rings. The van der Waals surface area contributed by atoms with Crippen LogP contribution >= 0.6 is 0 Å². The molecule has 0 saturated heterocycles. The van der Waals surface area contributed by atoms with E-state index in [-0.39, 0.29) is 0 Å². The molecule has 1 N–H and O–H groups in total. The number of ether oxygens (including phenoxy) is 1. The highest BCUT2D eigenvalue weighted by molar-refractivity contribution is 4.69. The summed E-state index contributed by atoms with van der Waals surface area (Å²) in [7, 11) is 0. The Morgan fingerprint density at radius 3 is 2.62 bits per heavy atom. The third-order valence-electron chi connectivity index (χ3n) is 1.77. The Kier molecular flexibility index (Phi) is 8.05. The zero-order valence-electron chi connectivity index (χ0n) is 9.18. The van der Waals surface area contributed by atoms with Crippen LogP contribution in [-0.2, 0) is 4.74 Å². The second kappa shape index (κ2) is 8.27. The number of nitrogens with one attached hydrogen (secondary N) is 1. The second-order valence-electron chi connectivity index (χ2n) is 3.80. The Labute approximate surface area is 82.4 Å². The van der Waals surface area contributed by atoms with Crippen molar-refractivity contribution >= 4 is 0 Å². The van der Waals surface area contributed by atoms with E-state index in [2.05, 4.69) is 32.7 Å². The SMILES string of the molecule is C=CCNCCOC(C)CC(C)C. The van der Waals surface area contributed by atoms with E-state index in [9.17, 15) is 0 Å². The average molecular weight is 185 g/mol. The molecule has 1 unspecified atom stereocenters. The van der Waals surface area contributed by atoms with Gasteiger partial charge in [-0.1, -0.05) is 19.9 Å². The van der Waals surface area contributed by atoms with Gasteiger partial charge in [0.15, 0.2) is 0 Å². The van der Waals surface area contributed by atoms with Crippen LogP contribution < -0.4 is 5.32 Å². The average Bonchev–Trinajstić information content (AvgIpc) is 2.02. The molecule has 0 aliphatic rings. The van der Waals surface area contributed by atoms with Crippen molar-refractivity contribution in [1.29, 1.82) is 0 Å². The summed E-state index contributed by atoms with van der Waals surface area (Å²) < 4.78 is 5.60. The summed E-state index contributed by atoms with van der Waals surface area (Å²) >= 11 is 0. The van der Waals surface area contributed by atoms with Gasteiger partial charge in [-0.2, -0.15) is 0 Å². The van der Waals surface area contributed by atoms with E-state index in [1.54, 1.807) is 0 Å². The van der Waals surface area contributed by atoms with Crippen LogP contribution in [0.25, 0.3) is 0 Å². The van der Waals surface area contributed by atoms with Crippen LogP contribution in [0, 0.1) is 5.92 Å². The van der Waals surface area contributed by atoms with Crippen molar-refractivity contribution in [3.05, 3.63) is 12.7 Å². The van der Waals surface area contributed by atoms with E-state index >= 15 is 0 Å². The van der Waals surface area contributed by atoms with Crippen LogP contribution in [0.3, 0.4) is 0 Å². The fraction of sp³-hybridized carbons (Fsp3) is 0.818. The maximum Gasteiger partial charge on any atom is 0.0594 e. The first-order chi connectivity index (χ1) is 6.16. The normalized spacial score (nSPS) is 13.2. The molecule has 0 amide bonds. The highest BCUT2D eigenvalue weighted by atomic mass is 16.5. The standard InChI is InChI=1S/C11H23NO/c1-5-6-12-7-8-13-11(4)9-10(2)3/h5,10-12H,1,6-9H2,2-4H3. The molecule has 0 saturated carbocycles. The first kappa shape index (κ1) is 12.7. The molecule has 0 radical (unpaired) electrons. The molecular formula is C11H23NO. The smallest absolute Gasteiger partial charge is 0.0594 e. The van der Waals surface area contributed by atoms with Crippen LogP contribution in [-0.4, -0.2) is 25.8 Å². The van der Waals surface area contributed by atoms with Gasteiger partial charge in [0.2, 0.25) is 0 Å². The zero-order chi connectivity index (χ0) is 10.1. The highest BCUT2D eigenvalue weighted by Crippen LogP contribution is 2.06. The minimum absolute atomic E-state index is 0.380. The Balaban J connectivity index is 3.16. The first-order valence-electron chi connectivity index (χ1n) is 5.10. The van der Waals surface area contributed by atoms with Gasteiger partial charge in [-0.3, -0.25) is 0 Å². The monoisotopic (exact) mass is 185 g/mol. The van der Waals surface area contributed by atoms with Crippen molar-refractivity contribution in [3.63, 3.8) is 0 Å². The van der Waals surface area contributed by atoms with Crippen LogP contribution in [0.15, 0.2) is 12.7 Å². The van der Waals surface area contributed by atoms with E-state index in [1.807, 2.05) is 6.08 Å². The Morgan fingerprint density at radius 1 is 1.38 bits per heavy atom. The molecule has 2 heteroatoms. The topological polar surface area (TPSA) is 21.3 Å². The lowest BCUT2D eigenvalue weighted by molar-refractivity contribution is 0.0543. The predicted octanol–water partition coefficient (Wildman–Crippen LogP) is 2.21. The maximum atomic E-state index is 5.60. The fourth-order valence-corrected chi connectivity index (χ4v) is 1.27. The quantitative estimate of drug-likeness (QED) is 0.462. The summed E-state index contributed by atoms with van der Waals surface area (Å²) in [6, 6.07) is 0. The molecular weight excluding hydrogens is 162 g/mol. The van der Waals surface area contributed by atoms with E-state index in [0.29, 0.717) is 6.10 Å². The lowest BCUT2D eigenvalue weighted by Gasteiger charge is -2.14. The molecule has 1 atom stereocenters. The van der Waals surface area contributed by atoms with Gasteiger partial charge in [-0.05, 0) is 19.3 Å². The largest absolute Gasteiger partial charge is 0.377 e. The first-order valence-corrected chi connectivity index (χ1v) is 5.10. The van der Waals surface area contributed by atoms with E-state index in [0.717, 1.165) is 32.0 Å². The zero-order valence-corrected chi connectivity index (χ0v) is 9.18. The molecule has 0 aromatic rings. The number of rotatable bonds is 8. The molecule has 0 aliphatic carbocycles. The minimum Gasteiger partial charge on any atom is -0.377 e. The summed E-state index contributed by atoms with van der Waals surface area (Å²) in [6.07, 6.45) is 3.38. The second-order valence-corrected chi connectivity index (χ2v) is 3.80. The van der Waals surface area contributed by atoms with Crippen molar-refractivity contribution in [2.45, 2.75) is 33.3 Å². The summed E-state index contributed by atoms with van der Waals surface area (Å²) in [4.78, 5) is 0. The molecule has 13 heavy (non-hydrogen) atoms. The molecule has 2 nitrogen and oxygen atoms in total. The van der Waals surface area contributed by atoms with Crippen molar-refractivity contribution in [1.82, 2.24) is 5.32 Å². The lowest BCUT2D eigenvalue weighted by Crippen LogP contribution is -2.22. The summed E-state index contributed by atoms with van der Waals surface area (Å²) in [6.45, 7) is 12.8. The molecule has 0 spiro atoms. The molecule has 0 aliphatic heterocycles. The van der Waals surface area contributed by atoms with Gasteiger partial charge in [-0.25, -0.2) is 0 Å². The van der Waals surface area contributed by atoms with Gasteiger partial charge in [-0.15, -0.1) is 6.58 Å². The van der Waals surface area contributed by atoms with Gasteiger partial charge in [0, 0.05) is 13.1 Å². The molecule has 0 bridgehead atoms. The van der Waals surface area contributed by atoms with Crippen LogP contribution in [0.2, 0.25) is 0 Å². The van der Waals surface area contributed by atoms with Crippen molar-refractivity contribution in [3.8, 4) is 0 Å². The van der Waals surface area contributed by atoms with Crippen molar-refractivity contribution < 1.29 is 4.74 Å². The van der Waals surface area contributed by atoms with Gasteiger partial charge >= 0.3 is 0 Å². The Hall–Kier alpha value is -0.340. The maximum absolute atomic E-state index is 5.60. The van der Waals surface area contributed by atoms with E-state index in [1.165, 1.54) is 0 Å². The van der Waals surface area contributed by atoms with Crippen LogP contribution in [0.5, 0.6) is 0 Å².